The van der Waals surface area contributed by atoms with Gasteiger partial charge in [-0.3, -0.25) is 14.6 Å². The Bertz CT molecular complexity index is 633. The average molecular weight is 357 g/mol. The van der Waals surface area contributed by atoms with Gasteiger partial charge in [0, 0.05) is 38.3 Å². The van der Waals surface area contributed by atoms with E-state index in [4.69, 9.17) is 0 Å². The fourth-order valence-electron chi connectivity index (χ4n) is 4.75. The summed E-state index contributed by atoms with van der Waals surface area (Å²) in [5.41, 5.74) is 0.836. The summed E-state index contributed by atoms with van der Waals surface area (Å²) in [5.74, 6) is 0.377. The Kier molecular flexibility index (Phi) is 5.94. The van der Waals surface area contributed by atoms with E-state index in [9.17, 15) is 9.59 Å². The number of carbonyl (C=O) groups excluding carboxylic acids is 2. The monoisotopic (exact) mass is 357 g/mol. The Morgan fingerprint density at radius 1 is 1.23 bits per heavy atom. The van der Waals surface area contributed by atoms with Crippen LogP contribution in [0.4, 0.5) is 0 Å². The van der Waals surface area contributed by atoms with Crippen LogP contribution in [-0.2, 0) is 16.0 Å². The average Bonchev–Trinajstić information content (AvgIpc) is 2.93. The molecule has 1 aromatic rings. The summed E-state index contributed by atoms with van der Waals surface area (Å²) in [6.07, 6.45) is 9.27. The lowest BCUT2D eigenvalue weighted by Gasteiger charge is -2.45. The molecule has 0 aromatic carbocycles. The van der Waals surface area contributed by atoms with E-state index in [0.717, 1.165) is 63.7 Å². The first kappa shape index (κ1) is 18.9. The van der Waals surface area contributed by atoms with Crippen LogP contribution >= 0.6 is 0 Å². The number of likely N-dealkylation sites (tertiary alicyclic amines) is 2. The summed E-state index contributed by atoms with van der Waals surface area (Å²) in [5, 5.41) is 0. The van der Waals surface area contributed by atoms with Crippen LogP contribution < -0.4 is 0 Å². The molecule has 2 saturated heterocycles. The molecule has 0 unspecified atom stereocenters. The Hall–Kier alpha value is -1.91. The van der Waals surface area contributed by atoms with Crippen molar-refractivity contribution >= 4 is 11.8 Å². The second kappa shape index (κ2) is 8.19. The van der Waals surface area contributed by atoms with E-state index in [1.165, 1.54) is 0 Å². The van der Waals surface area contributed by atoms with Gasteiger partial charge in [0.2, 0.25) is 11.8 Å². The van der Waals surface area contributed by atoms with Gasteiger partial charge < -0.3 is 9.80 Å². The minimum absolute atomic E-state index is 0.142. The summed E-state index contributed by atoms with van der Waals surface area (Å²) >= 11 is 0. The molecule has 0 radical (unpaired) electrons. The number of amides is 2. The SMILES string of the molecule is CC(=O)N1CCCCC[C@@H]2N(C(=O)CCCc3ccccn3)CC[C@@]21C. The van der Waals surface area contributed by atoms with Crippen LogP contribution in [0.15, 0.2) is 24.4 Å². The van der Waals surface area contributed by atoms with E-state index >= 15 is 0 Å². The van der Waals surface area contributed by atoms with E-state index in [-0.39, 0.29) is 23.4 Å². The number of fused-ring (bicyclic) bond motifs is 1. The molecule has 2 aliphatic heterocycles. The number of pyridine rings is 1. The Balaban J connectivity index is 1.64. The molecular weight excluding hydrogens is 326 g/mol. The Morgan fingerprint density at radius 2 is 2.08 bits per heavy atom. The van der Waals surface area contributed by atoms with E-state index in [1.54, 1.807) is 13.1 Å². The van der Waals surface area contributed by atoms with Gasteiger partial charge in [0.15, 0.2) is 0 Å². The summed E-state index contributed by atoms with van der Waals surface area (Å²) < 4.78 is 0. The lowest BCUT2D eigenvalue weighted by atomic mass is 9.84. The van der Waals surface area contributed by atoms with Crippen molar-refractivity contribution in [1.82, 2.24) is 14.8 Å². The molecular formula is C21H31N3O2. The van der Waals surface area contributed by atoms with Crippen LogP contribution in [0, 0.1) is 0 Å². The molecule has 1 aromatic heterocycles. The van der Waals surface area contributed by atoms with Crippen molar-refractivity contribution in [3.8, 4) is 0 Å². The number of nitrogens with zero attached hydrogens (tertiary/aromatic N) is 3. The Morgan fingerprint density at radius 3 is 2.81 bits per heavy atom. The van der Waals surface area contributed by atoms with E-state index < -0.39 is 0 Å². The van der Waals surface area contributed by atoms with Gasteiger partial charge in [-0.05, 0) is 51.2 Å². The van der Waals surface area contributed by atoms with Crippen molar-refractivity contribution in [2.45, 2.75) is 76.8 Å². The molecule has 0 bridgehead atoms. The lowest BCUT2D eigenvalue weighted by Crippen LogP contribution is -2.58. The highest BCUT2D eigenvalue weighted by Gasteiger charge is 2.49. The molecule has 0 saturated carbocycles. The van der Waals surface area contributed by atoms with Crippen LogP contribution in [0.3, 0.4) is 0 Å². The number of hydrogen-bond donors (Lipinski definition) is 0. The summed E-state index contributed by atoms with van der Waals surface area (Å²) in [4.78, 5) is 33.6. The number of carbonyl (C=O) groups is 2. The largest absolute Gasteiger partial charge is 0.337 e. The minimum atomic E-state index is -0.205. The molecule has 5 nitrogen and oxygen atoms in total. The van der Waals surface area contributed by atoms with Gasteiger partial charge in [0.25, 0.3) is 0 Å². The molecule has 2 aliphatic rings. The maximum atomic E-state index is 12.9. The van der Waals surface area contributed by atoms with Crippen molar-refractivity contribution in [3.05, 3.63) is 30.1 Å². The molecule has 3 rings (SSSR count). The zero-order chi connectivity index (χ0) is 18.6. The van der Waals surface area contributed by atoms with Gasteiger partial charge in [0.05, 0.1) is 11.6 Å². The fraction of sp³-hybridized carbons (Fsp3) is 0.667. The molecule has 0 N–H and O–H groups in total. The van der Waals surface area contributed by atoms with Crippen molar-refractivity contribution in [1.29, 1.82) is 0 Å². The van der Waals surface area contributed by atoms with Crippen molar-refractivity contribution in [3.63, 3.8) is 0 Å². The van der Waals surface area contributed by atoms with E-state index in [0.29, 0.717) is 6.42 Å². The Labute approximate surface area is 156 Å². The van der Waals surface area contributed by atoms with Crippen LogP contribution in [0.5, 0.6) is 0 Å². The highest BCUT2D eigenvalue weighted by atomic mass is 16.2. The second-order valence-corrected chi connectivity index (χ2v) is 7.90. The van der Waals surface area contributed by atoms with Crippen molar-refractivity contribution < 1.29 is 9.59 Å². The predicted molar refractivity (Wildman–Crippen MR) is 102 cm³/mol. The fourth-order valence-corrected chi connectivity index (χ4v) is 4.75. The van der Waals surface area contributed by atoms with Gasteiger partial charge in [-0.1, -0.05) is 18.9 Å². The third kappa shape index (κ3) is 3.92. The molecule has 26 heavy (non-hydrogen) atoms. The lowest BCUT2D eigenvalue weighted by molar-refractivity contribution is -0.140. The molecule has 3 heterocycles. The van der Waals surface area contributed by atoms with Crippen LogP contribution in [-0.4, -0.2) is 51.3 Å². The van der Waals surface area contributed by atoms with Crippen LogP contribution in [0.1, 0.15) is 64.5 Å². The topological polar surface area (TPSA) is 53.5 Å². The highest BCUT2D eigenvalue weighted by molar-refractivity contribution is 5.78. The second-order valence-electron chi connectivity index (χ2n) is 7.90. The van der Waals surface area contributed by atoms with E-state index in [2.05, 4.69) is 16.8 Å². The molecule has 142 valence electrons. The first-order valence-corrected chi connectivity index (χ1v) is 10.00. The number of aryl methyl sites for hydroxylation is 1. The van der Waals surface area contributed by atoms with Crippen LogP contribution in [0.25, 0.3) is 0 Å². The maximum absolute atomic E-state index is 12.9. The zero-order valence-corrected chi connectivity index (χ0v) is 16.1. The summed E-state index contributed by atoms with van der Waals surface area (Å²) in [6, 6.07) is 6.07. The quantitative estimate of drug-likeness (QED) is 0.831. The van der Waals surface area contributed by atoms with Crippen molar-refractivity contribution in [2.24, 2.45) is 0 Å². The molecule has 0 aliphatic carbocycles. The number of aromatic nitrogens is 1. The van der Waals surface area contributed by atoms with Gasteiger partial charge in [-0.15, -0.1) is 0 Å². The molecule has 2 atom stereocenters. The first-order valence-electron chi connectivity index (χ1n) is 10.00. The van der Waals surface area contributed by atoms with Gasteiger partial charge in [-0.2, -0.15) is 0 Å². The smallest absolute Gasteiger partial charge is 0.222 e. The molecule has 0 spiro atoms. The standard InChI is InChI=1S/C21H31N3O2/c1-17(25)24-15-7-3-4-11-19-21(24,2)13-16-23(19)20(26)12-8-10-18-9-5-6-14-22-18/h5-6,9,14,19H,3-4,7-8,10-13,15-16H2,1-2H3/t19-,21-/m0/s1. The maximum Gasteiger partial charge on any atom is 0.222 e. The highest BCUT2D eigenvalue weighted by Crippen LogP contribution is 2.39. The third-order valence-corrected chi connectivity index (χ3v) is 6.18. The predicted octanol–water partition coefficient (Wildman–Crippen LogP) is 3.19. The van der Waals surface area contributed by atoms with Crippen molar-refractivity contribution in [2.75, 3.05) is 13.1 Å². The number of hydrogen-bond acceptors (Lipinski definition) is 3. The van der Waals surface area contributed by atoms with Gasteiger partial charge >= 0.3 is 0 Å². The normalized spacial score (nSPS) is 26.2. The summed E-state index contributed by atoms with van der Waals surface area (Å²) in [7, 11) is 0. The van der Waals surface area contributed by atoms with Gasteiger partial charge in [-0.25, -0.2) is 0 Å². The molecule has 5 heteroatoms. The van der Waals surface area contributed by atoms with E-state index in [1.807, 2.05) is 23.1 Å². The first-order chi connectivity index (χ1) is 12.5. The third-order valence-electron chi connectivity index (χ3n) is 6.18. The number of rotatable bonds is 4. The summed E-state index contributed by atoms with van der Waals surface area (Å²) in [6.45, 7) is 5.45. The molecule has 2 fully saturated rings. The van der Waals surface area contributed by atoms with Gasteiger partial charge in [0.1, 0.15) is 0 Å². The minimum Gasteiger partial charge on any atom is -0.337 e. The van der Waals surface area contributed by atoms with Crippen LogP contribution in [0.2, 0.25) is 0 Å². The molecule has 2 amide bonds. The zero-order valence-electron chi connectivity index (χ0n) is 16.1.